The number of hydrogen-bond donors (Lipinski definition) is 1. The molecule has 1 heterocycles. The van der Waals surface area contributed by atoms with Crippen molar-refractivity contribution < 1.29 is 32.2 Å². The van der Waals surface area contributed by atoms with E-state index in [0.717, 1.165) is 29.8 Å². The fourth-order valence-corrected chi connectivity index (χ4v) is 3.69. The van der Waals surface area contributed by atoms with Crippen LogP contribution in [-0.2, 0) is 10.9 Å². The first-order valence-corrected chi connectivity index (χ1v) is 9.45. The summed E-state index contributed by atoms with van der Waals surface area (Å²) in [5, 5.41) is 4.40. The highest BCUT2D eigenvalue weighted by atomic mass is 32.1. The number of nitrogens with one attached hydrogen (secondary N) is 1. The molecule has 1 aromatic heterocycles. The Bertz CT molecular complexity index is 1060. The first-order valence-electron chi connectivity index (χ1n) is 8.57. The Hall–Kier alpha value is -3.33. The van der Waals surface area contributed by atoms with Crippen LogP contribution in [0.25, 0.3) is 11.1 Å². The first-order chi connectivity index (χ1) is 14.2. The largest absolute Gasteiger partial charge is 0.494 e. The summed E-state index contributed by atoms with van der Waals surface area (Å²) in [6.45, 7) is 0. The van der Waals surface area contributed by atoms with Crippen LogP contribution in [0, 0.1) is 0 Å². The highest BCUT2D eigenvalue weighted by molar-refractivity contribution is 7.12. The zero-order chi connectivity index (χ0) is 21.9. The van der Waals surface area contributed by atoms with Gasteiger partial charge in [0, 0.05) is 22.2 Å². The summed E-state index contributed by atoms with van der Waals surface area (Å²) < 4.78 is 48.0. The molecule has 0 saturated heterocycles. The standard InChI is InChI=1S/C21H16F3NO4S/c1-28-17-16(11-30-18(17)20(27)29-2)12-5-9-15(10-6-12)25-19(26)13-3-7-14(8-4-13)21(22,23)24/h3-11H,1-2H3,(H,25,26). The molecule has 3 rings (SSSR count). The minimum atomic E-state index is -4.46. The van der Waals surface area contributed by atoms with Crippen LogP contribution in [0.1, 0.15) is 25.6 Å². The molecule has 3 aromatic rings. The van der Waals surface area contributed by atoms with Gasteiger partial charge in [-0.2, -0.15) is 13.2 Å². The molecule has 9 heteroatoms. The fraction of sp³-hybridized carbons (Fsp3) is 0.143. The maximum Gasteiger partial charge on any atom is 0.416 e. The number of carbonyl (C=O) groups is 2. The molecule has 1 amide bonds. The number of halogens is 3. The zero-order valence-corrected chi connectivity index (χ0v) is 16.7. The van der Waals surface area contributed by atoms with Gasteiger partial charge in [-0.05, 0) is 42.0 Å². The number of hydrogen-bond acceptors (Lipinski definition) is 5. The van der Waals surface area contributed by atoms with Gasteiger partial charge in [-0.1, -0.05) is 12.1 Å². The van der Waals surface area contributed by atoms with Crippen LogP contribution in [0.15, 0.2) is 53.9 Å². The summed E-state index contributed by atoms with van der Waals surface area (Å²) in [6.07, 6.45) is -4.46. The molecule has 2 aromatic carbocycles. The van der Waals surface area contributed by atoms with Crippen LogP contribution in [0.3, 0.4) is 0 Å². The van der Waals surface area contributed by atoms with Crippen molar-refractivity contribution in [3.05, 3.63) is 69.9 Å². The number of benzene rings is 2. The Labute approximate surface area is 174 Å². The lowest BCUT2D eigenvalue weighted by Gasteiger charge is -2.09. The number of esters is 1. The Morgan fingerprint density at radius 1 is 0.967 bits per heavy atom. The second-order valence-corrected chi connectivity index (χ2v) is 6.99. The van der Waals surface area contributed by atoms with Crippen molar-refractivity contribution in [2.75, 3.05) is 19.5 Å². The summed E-state index contributed by atoms with van der Waals surface area (Å²) >= 11 is 1.19. The third kappa shape index (κ3) is 4.46. The molecule has 0 fully saturated rings. The van der Waals surface area contributed by atoms with Crippen molar-refractivity contribution in [1.82, 2.24) is 0 Å². The van der Waals surface area contributed by atoms with Gasteiger partial charge >= 0.3 is 12.1 Å². The van der Waals surface area contributed by atoms with Gasteiger partial charge in [-0.15, -0.1) is 11.3 Å². The van der Waals surface area contributed by atoms with E-state index >= 15 is 0 Å². The second-order valence-electron chi connectivity index (χ2n) is 6.11. The predicted molar refractivity (Wildman–Crippen MR) is 107 cm³/mol. The molecular weight excluding hydrogens is 419 g/mol. The molecule has 0 atom stereocenters. The quantitative estimate of drug-likeness (QED) is 0.539. The highest BCUT2D eigenvalue weighted by Crippen LogP contribution is 2.39. The van der Waals surface area contributed by atoms with Gasteiger partial charge < -0.3 is 14.8 Å². The van der Waals surface area contributed by atoms with Crippen molar-refractivity contribution in [3.8, 4) is 16.9 Å². The second kappa shape index (κ2) is 8.58. The number of alkyl halides is 3. The number of rotatable bonds is 5. The molecule has 0 bridgehead atoms. The molecule has 0 radical (unpaired) electrons. The van der Waals surface area contributed by atoms with Crippen LogP contribution < -0.4 is 10.1 Å². The molecular formula is C21H16F3NO4S. The van der Waals surface area contributed by atoms with Crippen LogP contribution >= 0.6 is 11.3 Å². The maximum absolute atomic E-state index is 12.6. The van der Waals surface area contributed by atoms with Crippen LogP contribution in [0.2, 0.25) is 0 Å². The van der Waals surface area contributed by atoms with Crippen molar-refractivity contribution in [2.45, 2.75) is 6.18 Å². The van der Waals surface area contributed by atoms with Gasteiger partial charge in [-0.25, -0.2) is 4.79 Å². The lowest BCUT2D eigenvalue weighted by molar-refractivity contribution is -0.137. The number of carbonyl (C=O) groups excluding carboxylic acids is 2. The third-order valence-electron chi connectivity index (χ3n) is 4.25. The zero-order valence-electron chi connectivity index (χ0n) is 15.9. The van der Waals surface area contributed by atoms with E-state index in [0.29, 0.717) is 21.9 Å². The molecule has 0 spiro atoms. The van der Waals surface area contributed by atoms with Gasteiger partial charge in [0.25, 0.3) is 5.91 Å². The number of amides is 1. The third-order valence-corrected chi connectivity index (χ3v) is 5.19. The van der Waals surface area contributed by atoms with E-state index in [1.54, 1.807) is 29.6 Å². The van der Waals surface area contributed by atoms with Crippen LogP contribution in [-0.4, -0.2) is 26.1 Å². The molecule has 30 heavy (non-hydrogen) atoms. The van der Waals surface area contributed by atoms with Gasteiger partial charge in [0.2, 0.25) is 0 Å². The Balaban J connectivity index is 1.76. The van der Waals surface area contributed by atoms with Crippen molar-refractivity contribution in [2.24, 2.45) is 0 Å². The molecule has 5 nitrogen and oxygen atoms in total. The lowest BCUT2D eigenvalue weighted by atomic mass is 10.1. The highest BCUT2D eigenvalue weighted by Gasteiger charge is 2.30. The summed E-state index contributed by atoms with van der Waals surface area (Å²) in [4.78, 5) is 24.4. The smallest absolute Gasteiger partial charge is 0.416 e. The van der Waals surface area contributed by atoms with E-state index in [2.05, 4.69) is 5.32 Å². The molecule has 0 aliphatic carbocycles. The summed E-state index contributed by atoms with van der Waals surface area (Å²) in [6, 6.07) is 10.7. The molecule has 156 valence electrons. The van der Waals surface area contributed by atoms with E-state index in [1.165, 1.54) is 25.6 Å². The summed E-state index contributed by atoms with van der Waals surface area (Å²) in [7, 11) is 2.74. The van der Waals surface area contributed by atoms with E-state index in [1.807, 2.05) is 0 Å². The Kier molecular flexibility index (Phi) is 6.12. The monoisotopic (exact) mass is 435 g/mol. The SMILES string of the molecule is COC(=O)c1scc(-c2ccc(NC(=O)c3ccc(C(F)(F)F)cc3)cc2)c1OC. The summed E-state index contributed by atoms with van der Waals surface area (Å²) in [5.74, 6) is -0.630. The lowest BCUT2D eigenvalue weighted by Crippen LogP contribution is -2.12. The topological polar surface area (TPSA) is 64.6 Å². The molecule has 0 unspecified atom stereocenters. The average Bonchev–Trinajstić information content (AvgIpc) is 3.17. The molecule has 1 N–H and O–H groups in total. The van der Waals surface area contributed by atoms with Crippen LogP contribution in [0.4, 0.5) is 18.9 Å². The Morgan fingerprint density at radius 3 is 2.13 bits per heavy atom. The minimum absolute atomic E-state index is 0.106. The van der Waals surface area contributed by atoms with E-state index in [9.17, 15) is 22.8 Å². The normalized spacial score (nSPS) is 11.1. The van der Waals surface area contributed by atoms with Gasteiger partial charge in [0.15, 0.2) is 10.6 Å². The first kappa shape index (κ1) is 21.4. The predicted octanol–water partition coefficient (Wildman–Crippen LogP) is 5.48. The number of methoxy groups -OCH3 is 2. The minimum Gasteiger partial charge on any atom is -0.494 e. The number of anilines is 1. The van der Waals surface area contributed by atoms with Crippen molar-refractivity contribution in [1.29, 1.82) is 0 Å². The molecule has 0 aliphatic rings. The van der Waals surface area contributed by atoms with E-state index < -0.39 is 23.6 Å². The van der Waals surface area contributed by atoms with E-state index in [-0.39, 0.29) is 5.56 Å². The number of ether oxygens (including phenoxy) is 2. The van der Waals surface area contributed by atoms with Crippen molar-refractivity contribution >= 4 is 28.9 Å². The van der Waals surface area contributed by atoms with Gasteiger partial charge in [-0.3, -0.25) is 4.79 Å². The molecule has 0 saturated carbocycles. The maximum atomic E-state index is 12.6. The van der Waals surface area contributed by atoms with E-state index in [4.69, 9.17) is 9.47 Å². The molecule has 0 aliphatic heterocycles. The number of thiophene rings is 1. The van der Waals surface area contributed by atoms with Crippen molar-refractivity contribution in [3.63, 3.8) is 0 Å². The van der Waals surface area contributed by atoms with Gasteiger partial charge in [0.1, 0.15) is 0 Å². The fourth-order valence-electron chi connectivity index (χ4n) is 2.73. The summed E-state index contributed by atoms with van der Waals surface area (Å²) in [5.41, 5.74) is 1.20. The average molecular weight is 435 g/mol. The van der Waals surface area contributed by atoms with Crippen LogP contribution in [0.5, 0.6) is 5.75 Å². The Morgan fingerprint density at radius 2 is 1.60 bits per heavy atom. The van der Waals surface area contributed by atoms with Gasteiger partial charge in [0.05, 0.1) is 19.8 Å².